The van der Waals surface area contributed by atoms with Gasteiger partial charge in [-0.2, -0.15) is 13.2 Å². The smallest absolute Gasteiger partial charge is 0.419 e. The summed E-state index contributed by atoms with van der Waals surface area (Å²) in [6, 6.07) is 8.60. The summed E-state index contributed by atoms with van der Waals surface area (Å²) in [5.41, 5.74) is -1.09. The molecule has 1 unspecified atom stereocenters. The van der Waals surface area contributed by atoms with Crippen molar-refractivity contribution in [2.75, 3.05) is 24.9 Å². The molecule has 198 valence electrons. The molecule has 0 saturated carbocycles. The molecule has 4 rings (SSSR count). The number of nitrogens with one attached hydrogen (secondary N) is 1. The van der Waals surface area contributed by atoms with E-state index < -0.39 is 33.6 Å². The molecule has 0 amide bonds. The van der Waals surface area contributed by atoms with Crippen LogP contribution in [0.1, 0.15) is 12.0 Å². The fourth-order valence-electron chi connectivity index (χ4n) is 3.63. The zero-order valence-corrected chi connectivity index (χ0v) is 22.9. The molecule has 0 aliphatic carbocycles. The number of halogens is 6. The number of alkyl halides is 3. The zero-order valence-electron chi connectivity index (χ0n) is 19.0. The molecule has 14 heteroatoms. The first-order chi connectivity index (χ1) is 17.3. The van der Waals surface area contributed by atoms with Gasteiger partial charge >= 0.3 is 6.18 Å². The van der Waals surface area contributed by atoms with E-state index in [2.05, 4.69) is 25.6 Å². The topological polar surface area (TPSA) is 80.8 Å². The molecule has 1 atom stereocenters. The Hall–Kier alpha value is -2.25. The largest absolute Gasteiger partial charge is 0.488 e. The van der Waals surface area contributed by atoms with Gasteiger partial charge in [0.25, 0.3) is 10.0 Å². The molecule has 1 N–H and O–H groups in total. The van der Waals surface area contributed by atoms with Gasteiger partial charge in [0.2, 0.25) is 5.88 Å². The first kappa shape index (κ1) is 27.8. The molecule has 3 aromatic rings. The number of aromatic nitrogens is 1. The number of likely N-dealkylation sites (N-methyl/N-ethyl adjacent to an activating group) is 1. The van der Waals surface area contributed by atoms with Crippen LogP contribution in [0, 0.1) is 0 Å². The summed E-state index contributed by atoms with van der Waals surface area (Å²) in [7, 11) is -2.39. The zero-order chi connectivity index (χ0) is 27.0. The first-order valence-corrected chi connectivity index (χ1v) is 13.7. The number of benzene rings is 2. The minimum absolute atomic E-state index is 0.0454. The van der Waals surface area contributed by atoms with Crippen LogP contribution in [0.25, 0.3) is 0 Å². The second-order valence-corrected chi connectivity index (χ2v) is 11.7. The van der Waals surface area contributed by atoms with Gasteiger partial charge < -0.3 is 14.4 Å². The number of hydrogen-bond donors (Lipinski definition) is 1. The molecule has 1 aliphatic rings. The highest BCUT2D eigenvalue weighted by atomic mass is 79.9. The highest BCUT2D eigenvalue weighted by Gasteiger charge is 2.36. The van der Waals surface area contributed by atoms with Gasteiger partial charge in [-0.05, 0) is 65.8 Å². The number of sulfonamides is 1. The van der Waals surface area contributed by atoms with Gasteiger partial charge in [0.05, 0.1) is 21.9 Å². The Bertz CT molecular complexity index is 1410. The minimum Gasteiger partial charge on any atom is -0.488 e. The standard InChI is InChI=1S/C23H19BrCl2F3N3O4S/c1-32-5-4-16(12-32)35-21-9-15(2-3-19(21)23(27,28)29)31-37(33,34)18-10-20(24)22(30-11-18)36-17-7-13(25)6-14(26)8-17/h2-3,6-11,16,31H,4-5,12H2,1H3. The number of rotatable bonds is 7. The lowest BCUT2D eigenvalue weighted by atomic mass is 10.1. The van der Waals surface area contributed by atoms with Crippen LogP contribution in [-0.4, -0.2) is 44.5 Å². The van der Waals surface area contributed by atoms with E-state index in [0.29, 0.717) is 29.6 Å². The molecule has 0 bridgehead atoms. The lowest BCUT2D eigenvalue weighted by Gasteiger charge is -2.19. The molecule has 0 radical (unpaired) electrons. The van der Waals surface area contributed by atoms with Crippen molar-refractivity contribution in [1.29, 1.82) is 0 Å². The second kappa shape index (κ2) is 10.9. The molecular weight excluding hydrogens is 622 g/mol. The van der Waals surface area contributed by atoms with Gasteiger partial charge in [-0.3, -0.25) is 4.72 Å². The highest BCUT2D eigenvalue weighted by Crippen LogP contribution is 2.39. The van der Waals surface area contributed by atoms with E-state index in [1.165, 1.54) is 24.3 Å². The van der Waals surface area contributed by atoms with E-state index in [0.717, 1.165) is 24.4 Å². The van der Waals surface area contributed by atoms with Gasteiger partial charge in [0.1, 0.15) is 22.5 Å². The number of likely N-dealkylation sites (tertiary alicyclic amines) is 1. The Morgan fingerprint density at radius 1 is 1.14 bits per heavy atom. The Labute approximate surface area is 229 Å². The third-order valence-electron chi connectivity index (χ3n) is 5.32. The van der Waals surface area contributed by atoms with E-state index in [1.807, 2.05) is 11.9 Å². The van der Waals surface area contributed by atoms with Crippen molar-refractivity contribution in [3.8, 4) is 17.4 Å². The molecule has 2 heterocycles. The van der Waals surface area contributed by atoms with Crippen LogP contribution in [0.3, 0.4) is 0 Å². The molecule has 7 nitrogen and oxygen atoms in total. The molecule has 37 heavy (non-hydrogen) atoms. The number of ether oxygens (including phenoxy) is 2. The molecular formula is C23H19BrCl2F3N3O4S. The summed E-state index contributed by atoms with van der Waals surface area (Å²) >= 11 is 15.1. The van der Waals surface area contributed by atoms with Crippen LogP contribution in [0.4, 0.5) is 18.9 Å². The number of hydrogen-bond acceptors (Lipinski definition) is 6. The molecule has 1 fully saturated rings. The van der Waals surface area contributed by atoms with E-state index in [-0.39, 0.29) is 26.7 Å². The van der Waals surface area contributed by atoms with Gasteiger partial charge in [-0.25, -0.2) is 13.4 Å². The maximum atomic E-state index is 13.5. The van der Waals surface area contributed by atoms with Gasteiger partial charge in [0, 0.05) is 29.2 Å². The van der Waals surface area contributed by atoms with Crippen molar-refractivity contribution in [3.63, 3.8) is 0 Å². The van der Waals surface area contributed by atoms with Crippen LogP contribution in [-0.2, 0) is 16.2 Å². The number of pyridine rings is 1. The van der Waals surface area contributed by atoms with Gasteiger partial charge in [0.15, 0.2) is 0 Å². The van der Waals surface area contributed by atoms with Crippen molar-refractivity contribution < 1.29 is 31.1 Å². The highest BCUT2D eigenvalue weighted by molar-refractivity contribution is 9.10. The predicted octanol–water partition coefficient (Wildman–Crippen LogP) is 6.85. The molecule has 0 spiro atoms. The Kier molecular flexibility index (Phi) is 8.15. The SMILES string of the molecule is CN1CCC(Oc2cc(NS(=O)(=O)c3cnc(Oc4cc(Cl)cc(Cl)c4)c(Br)c3)ccc2C(F)(F)F)C1. The Morgan fingerprint density at radius 3 is 2.43 bits per heavy atom. The third-order valence-corrected chi connectivity index (χ3v) is 7.68. The van der Waals surface area contributed by atoms with Crippen molar-refractivity contribution >= 4 is 54.8 Å². The van der Waals surface area contributed by atoms with E-state index in [9.17, 15) is 21.6 Å². The Balaban J connectivity index is 1.56. The molecule has 1 aliphatic heterocycles. The molecule has 1 saturated heterocycles. The van der Waals surface area contributed by atoms with Gasteiger partial charge in [-0.1, -0.05) is 23.2 Å². The van der Waals surface area contributed by atoms with Crippen LogP contribution in [0.2, 0.25) is 10.0 Å². The summed E-state index contributed by atoms with van der Waals surface area (Å²) in [6.45, 7) is 1.15. The number of anilines is 1. The second-order valence-electron chi connectivity index (χ2n) is 8.27. The van der Waals surface area contributed by atoms with Crippen LogP contribution >= 0.6 is 39.1 Å². The average Bonchev–Trinajstić information content (AvgIpc) is 3.18. The predicted molar refractivity (Wildman–Crippen MR) is 137 cm³/mol. The van der Waals surface area contributed by atoms with Crippen LogP contribution in [0.15, 0.2) is 58.0 Å². The summed E-state index contributed by atoms with van der Waals surface area (Å²) in [4.78, 5) is 5.71. The van der Waals surface area contributed by atoms with E-state index >= 15 is 0 Å². The maximum absolute atomic E-state index is 13.5. The lowest BCUT2D eigenvalue weighted by Crippen LogP contribution is -2.23. The monoisotopic (exact) mass is 639 g/mol. The van der Waals surface area contributed by atoms with Crippen LogP contribution < -0.4 is 14.2 Å². The summed E-state index contributed by atoms with van der Waals surface area (Å²) in [6.07, 6.45) is -3.52. The van der Waals surface area contributed by atoms with Crippen molar-refractivity contribution in [2.45, 2.75) is 23.6 Å². The molecule has 2 aromatic carbocycles. The van der Waals surface area contributed by atoms with Crippen LogP contribution in [0.5, 0.6) is 17.4 Å². The van der Waals surface area contributed by atoms with Gasteiger partial charge in [-0.15, -0.1) is 0 Å². The third kappa shape index (κ3) is 6.99. The summed E-state index contributed by atoms with van der Waals surface area (Å²) < 4.78 is 80.3. The minimum atomic E-state index is -4.67. The van der Waals surface area contributed by atoms with E-state index in [1.54, 1.807) is 0 Å². The van der Waals surface area contributed by atoms with Crippen molar-refractivity contribution in [1.82, 2.24) is 9.88 Å². The first-order valence-electron chi connectivity index (χ1n) is 10.7. The Morgan fingerprint density at radius 2 is 1.84 bits per heavy atom. The quantitative estimate of drug-likeness (QED) is 0.304. The average molecular weight is 641 g/mol. The fraction of sp³-hybridized carbons (Fsp3) is 0.261. The normalized spacial score (nSPS) is 16.6. The fourth-order valence-corrected chi connectivity index (χ4v) is 5.74. The summed E-state index contributed by atoms with van der Waals surface area (Å²) in [5, 5.41) is 0.670. The number of nitrogens with zero attached hydrogens (tertiary/aromatic N) is 2. The van der Waals surface area contributed by atoms with Crippen molar-refractivity contribution in [2.24, 2.45) is 0 Å². The van der Waals surface area contributed by atoms with E-state index in [4.69, 9.17) is 32.7 Å². The van der Waals surface area contributed by atoms with Crippen molar-refractivity contribution in [3.05, 3.63) is 68.7 Å². The lowest BCUT2D eigenvalue weighted by molar-refractivity contribution is -0.139. The maximum Gasteiger partial charge on any atom is 0.419 e. The molecule has 1 aromatic heterocycles. The summed E-state index contributed by atoms with van der Waals surface area (Å²) in [5.74, 6) is -0.120.